The lowest BCUT2D eigenvalue weighted by atomic mass is 10.1. The Morgan fingerprint density at radius 2 is 1.21 bits per heavy atom. The predicted molar refractivity (Wildman–Crippen MR) is 221 cm³/mol. The maximum atomic E-state index is 12.4. The van der Waals surface area contributed by atoms with Gasteiger partial charge in [0.05, 0.1) is 72.9 Å². The third kappa shape index (κ3) is 13.2. The molecule has 4 heterocycles. The molecule has 17 nitrogen and oxygen atoms in total. The standard InChI is InChI=1S/C20H24N4O5.C20H26N4O3.CH4O/c1-21-19-5-4-17(11-20(19)24(27)28)29-18-6-7-22-14(10-18)9-16(26)12-23-8-2-3-15(23)13-25;1-22-20-5-4-17(11-19(20)21)27-18-6-7-23-14(10-18)9-16(26)12-24-8-2-3-15(24)13-25;1-2/h4-7,10-11,15,21,25H,2-3,8-9,12-13H2,1H3;4-7,10-11,15,22,25H,2-3,8-9,12-13,21H2,1H3;2H,1H3/t2*15-;/m00./s1. The smallest absolute Gasteiger partial charge is 0.296 e. The number of ether oxygens (including phenoxy) is 2. The van der Waals surface area contributed by atoms with Gasteiger partial charge in [-0.3, -0.25) is 39.5 Å². The largest absolute Gasteiger partial charge is 0.457 e. The summed E-state index contributed by atoms with van der Waals surface area (Å²) in [7, 11) is 4.42. The van der Waals surface area contributed by atoms with E-state index < -0.39 is 4.92 Å². The number of nitrogens with zero attached hydrogens (tertiary/aromatic N) is 5. The van der Waals surface area contributed by atoms with Gasteiger partial charge in [0, 0.05) is 63.9 Å². The van der Waals surface area contributed by atoms with Crippen molar-refractivity contribution in [2.45, 2.75) is 50.6 Å². The Hall–Kier alpha value is -5.72. The summed E-state index contributed by atoms with van der Waals surface area (Å²) in [6, 6.07) is 16.9. The maximum absolute atomic E-state index is 12.4. The minimum atomic E-state index is -0.479. The van der Waals surface area contributed by atoms with E-state index in [1.54, 1.807) is 61.9 Å². The number of hydrogen-bond donors (Lipinski definition) is 6. The molecule has 0 radical (unpaired) electrons. The van der Waals surface area contributed by atoms with Crippen molar-refractivity contribution < 1.29 is 39.3 Å². The van der Waals surface area contributed by atoms with Crippen molar-refractivity contribution in [3.63, 3.8) is 0 Å². The number of pyridine rings is 2. The number of carbonyl (C=O) groups excluding carboxylic acids is 2. The number of likely N-dealkylation sites (tertiary alicyclic amines) is 2. The second-order valence-electron chi connectivity index (χ2n) is 13.7. The average molecular weight is 803 g/mol. The molecule has 4 aromatic rings. The number of nitrogens with one attached hydrogen (secondary N) is 2. The summed E-state index contributed by atoms with van der Waals surface area (Å²) < 4.78 is 11.6. The molecule has 2 aliphatic heterocycles. The van der Waals surface area contributed by atoms with E-state index in [4.69, 9.17) is 20.3 Å². The zero-order valence-corrected chi connectivity index (χ0v) is 33.2. The van der Waals surface area contributed by atoms with Crippen LogP contribution in [0.3, 0.4) is 0 Å². The van der Waals surface area contributed by atoms with Crippen molar-refractivity contribution in [2.75, 3.05) is 77.0 Å². The van der Waals surface area contributed by atoms with Crippen LogP contribution in [0, 0.1) is 10.1 Å². The van der Waals surface area contributed by atoms with Crippen LogP contribution >= 0.6 is 0 Å². The summed E-state index contributed by atoms with van der Waals surface area (Å²) in [5.74, 6) is 2.11. The molecule has 0 saturated carbocycles. The summed E-state index contributed by atoms with van der Waals surface area (Å²) in [4.78, 5) is 48.1. The van der Waals surface area contributed by atoms with Crippen molar-refractivity contribution in [1.82, 2.24) is 19.8 Å². The molecule has 312 valence electrons. The summed E-state index contributed by atoms with van der Waals surface area (Å²) in [6.07, 6.45) is 7.44. The number of nitrogen functional groups attached to an aromatic ring is 1. The molecular formula is C41H54N8O9. The van der Waals surface area contributed by atoms with E-state index in [-0.39, 0.29) is 61.9 Å². The van der Waals surface area contributed by atoms with Crippen LogP contribution < -0.4 is 25.8 Å². The molecule has 2 atom stereocenters. The molecule has 17 heteroatoms. The van der Waals surface area contributed by atoms with E-state index in [1.165, 1.54) is 6.07 Å². The van der Waals surface area contributed by atoms with Gasteiger partial charge in [0.1, 0.15) is 28.7 Å². The SMILES string of the molecule is CNc1ccc(Oc2ccnc(CC(=O)CN3CCC[C@H]3CO)c2)cc1N.CNc1ccc(Oc2ccnc(CC(=O)CN3CCC[C@H]3CO)c2)cc1[N+](=O)[O-].CO. The number of aliphatic hydroxyl groups excluding tert-OH is 3. The van der Waals surface area contributed by atoms with Gasteiger partial charge < -0.3 is 41.2 Å². The van der Waals surface area contributed by atoms with E-state index in [0.29, 0.717) is 52.3 Å². The van der Waals surface area contributed by atoms with Gasteiger partial charge in [-0.25, -0.2) is 0 Å². The van der Waals surface area contributed by atoms with Gasteiger partial charge >= 0.3 is 0 Å². The molecule has 0 bridgehead atoms. The van der Waals surface area contributed by atoms with E-state index in [2.05, 4.69) is 25.5 Å². The van der Waals surface area contributed by atoms with Crippen molar-refractivity contribution in [2.24, 2.45) is 0 Å². The van der Waals surface area contributed by atoms with Crippen LogP contribution in [-0.4, -0.2) is 124 Å². The molecule has 2 aromatic heterocycles. The highest BCUT2D eigenvalue weighted by Gasteiger charge is 2.26. The lowest BCUT2D eigenvalue weighted by molar-refractivity contribution is -0.384. The fourth-order valence-corrected chi connectivity index (χ4v) is 6.86. The lowest BCUT2D eigenvalue weighted by Crippen LogP contribution is -2.37. The molecular weight excluding hydrogens is 748 g/mol. The highest BCUT2D eigenvalue weighted by Crippen LogP contribution is 2.32. The topological polar surface area (TPSA) is 239 Å². The van der Waals surface area contributed by atoms with E-state index >= 15 is 0 Å². The number of carbonyl (C=O) groups is 2. The molecule has 2 fully saturated rings. The van der Waals surface area contributed by atoms with Crippen molar-refractivity contribution in [3.8, 4) is 23.0 Å². The number of nitro groups is 1. The molecule has 0 amide bonds. The highest BCUT2D eigenvalue weighted by atomic mass is 16.6. The van der Waals surface area contributed by atoms with E-state index in [1.807, 2.05) is 24.1 Å². The summed E-state index contributed by atoms with van der Waals surface area (Å²) >= 11 is 0. The van der Waals surface area contributed by atoms with Gasteiger partial charge in [0.2, 0.25) is 0 Å². The lowest BCUT2D eigenvalue weighted by Gasteiger charge is -2.21. The number of ketones is 2. The van der Waals surface area contributed by atoms with Crippen LogP contribution in [-0.2, 0) is 22.4 Å². The number of rotatable bonds is 17. The number of nitro benzene ring substituents is 1. The third-order valence-electron chi connectivity index (χ3n) is 9.71. The summed E-state index contributed by atoms with van der Waals surface area (Å²) in [5.41, 5.74) is 8.94. The second-order valence-corrected chi connectivity index (χ2v) is 13.7. The Bertz CT molecular complexity index is 1970. The van der Waals surface area contributed by atoms with Crippen LogP contribution in [0.5, 0.6) is 23.0 Å². The van der Waals surface area contributed by atoms with Crippen molar-refractivity contribution >= 4 is 34.3 Å². The van der Waals surface area contributed by atoms with Crippen molar-refractivity contribution in [3.05, 3.63) is 94.6 Å². The minimum absolute atomic E-state index is 0.0176. The molecule has 0 aliphatic carbocycles. The first kappa shape index (κ1) is 45.0. The monoisotopic (exact) mass is 802 g/mol. The van der Waals surface area contributed by atoms with Gasteiger partial charge in [-0.2, -0.15) is 0 Å². The van der Waals surface area contributed by atoms with Crippen LogP contribution in [0.25, 0.3) is 0 Å². The molecule has 2 saturated heterocycles. The number of aromatic nitrogens is 2. The van der Waals surface area contributed by atoms with Crippen LogP contribution in [0.2, 0.25) is 0 Å². The fraction of sp³-hybridized carbons (Fsp3) is 0.415. The summed E-state index contributed by atoms with van der Waals surface area (Å²) in [6.45, 7) is 2.47. The summed E-state index contributed by atoms with van der Waals surface area (Å²) in [5, 5.41) is 42.7. The van der Waals surface area contributed by atoms with Crippen molar-refractivity contribution in [1.29, 1.82) is 0 Å². The number of anilines is 3. The fourth-order valence-electron chi connectivity index (χ4n) is 6.86. The highest BCUT2D eigenvalue weighted by molar-refractivity contribution is 5.83. The predicted octanol–water partition coefficient (Wildman–Crippen LogP) is 4.07. The first-order valence-corrected chi connectivity index (χ1v) is 19.1. The first-order valence-electron chi connectivity index (χ1n) is 19.1. The van der Waals surface area contributed by atoms with Crippen LogP contribution in [0.4, 0.5) is 22.7 Å². The van der Waals surface area contributed by atoms with Gasteiger partial charge in [-0.05, 0) is 75.2 Å². The molecule has 0 spiro atoms. The van der Waals surface area contributed by atoms with E-state index in [0.717, 1.165) is 51.6 Å². The van der Waals surface area contributed by atoms with E-state index in [9.17, 15) is 29.9 Å². The molecule has 58 heavy (non-hydrogen) atoms. The Morgan fingerprint density at radius 3 is 1.64 bits per heavy atom. The number of hydrogen-bond acceptors (Lipinski definition) is 16. The number of aliphatic hydroxyl groups is 3. The number of nitrogens with two attached hydrogens (primary N) is 1. The third-order valence-corrected chi connectivity index (χ3v) is 9.71. The minimum Gasteiger partial charge on any atom is -0.457 e. The maximum Gasteiger partial charge on any atom is 0.296 e. The van der Waals surface area contributed by atoms with Gasteiger partial charge in [0.25, 0.3) is 5.69 Å². The normalized spacial score (nSPS) is 16.3. The Kier molecular flexibility index (Phi) is 17.7. The number of Topliss-reactive ketones (excluding diaryl/α,β-unsaturated/α-hetero) is 2. The van der Waals surface area contributed by atoms with Crippen LogP contribution in [0.15, 0.2) is 73.1 Å². The molecule has 6 rings (SSSR count). The molecule has 0 unspecified atom stereocenters. The zero-order valence-electron chi connectivity index (χ0n) is 33.2. The van der Waals surface area contributed by atoms with Gasteiger partial charge in [-0.15, -0.1) is 0 Å². The average Bonchev–Trinajstić information content (AvgIpc) is 3.87. The molecule has 2 aromatic carbocycles. The molecule has 7 N–H and O–H groups in total. The molecule has 2 aliphatic rings. The Morgan fingerprint density at radius 1 is 0.759 bits per heavy atom. The Labute approximate surface area is 338 Å². The van der Waals surface area contributed by atoms with Gasteiger partial charge in [-0.1, -0.05) is 0 Å². The second kappa shape index (κ2) is 22.9. The quantitative estimate of drug-likeness (QED) is 0.0501. The zero-order chi connectivity index (χ0) is 42.0. The Balaban J connectivity index is 0.000000247. The van der Waals surface area contributed by atoms with Crippen LogP contribution in [0.1, 0.15) is 37.1 Å². The van der Waals surface area contributed by atoms with Gasteiger partial charge in [0.15, 0.2) is 11.6 Å². The number of benzene rings is 2. The first-order chi connectivity index (χ1) is 28.1.